The third-order valence-corrected chi connectivity index (χ3v) is 6.79. The molecule has 30 heavy (non-hydrogen) atoms. The Morgan fingerprint density at radius 3 is 2.70 bits per heavy atom. The maximum Gasteiger partial charge on any atom is 0.227 e. The Bertz CT molecular complexity index is 1290. The number of aromatic nitrogens is 1. The van der Waals surface area contributed by atoms with Gasteiger partial charge in [-0.25, -0.2) is 4.98 Å². The molecular formula is C25H24N2O2S. The molecule has 0 aliphatic carbocycles. The molecule has 2 heterocycles. The SMILES string of the molecule is CCN(CC)c1ccc2c(c1)OC(O)C(c1nc3c(ccc4cc(C)ccc43)s1)=C2. The van der Waals surface area contributed by atoms with Crippen LogP contribution in [0.1, 0.15) is 30.0 Å². The summed E-state index contributed by atoms with van der Waals surface area (Å²) in [6, 6.07) is 16.8. The van der Waals surface area contributed by atoms with E-state index < -0.39 is 6.29 Å². The Balaban J connectivity index is 1.58. The number of anilines is 1. The molecular weight excluding hydrogens is 392 g/mol. The molecule has 0 fully saturated rings. The van der Waals surface area contributed by atoms with Crippen molar-refractivity contribution in [3.05, 3.63) is 64.7 Å². The molecule has 4 nitrogen and oxygen atoms in total. The van der Waals surface area contributed by atoms with E-state index in [4.69, 9.17) is 9.72 Å². The molecule has 0 saturated heterocycles. The molecule has 0 saturated carbocycles. The lowest BCUT2D eigenvalue weighted by Gasteiger charge is -2.26. The molecule has 5 heteroatoms. The van der Waals surface area contributed by atoms with Crippen molar-refractivity contribution >= 4 is 49.7 Å². The van der Waals surface area contributed by atoms with Gasteiger partial charge in [0.25, 0.3) is 0 Å². The lowest BCUT2D eigenvalue weighted by molar-refractivity contribution is 0.0320. The minimum absolute atomic E-state index is 0.706. The van der Waals surface area contributed by atoms with Crippen molar-refractivity contribution in [2.75, 3.05) is 18.0 Å². The minimum atomic E-state index is -1.03. The molecule has 1 atom stereocenters. The van der Waals surface area contributed by atoms with Gasteiger partial charge in [-0.05, 0) is 50.4 Å². The molecule has 1 N–H and O–H groups in total. The predicted molar refractivity (Wildman–Crippen MR) is 126 cm³/mol. The zero-order valence-electron chi connectivity index (χ0n) is 17.3. The molecule has 1 aliphatic heterocycles. The highest BCUT2D eigenvalue weighted by Crippen LogP contribution is 2.39. The van der Waals surface area contributed by atoms with Gasteiger partial charge in [-0.3, -0.25) is 0 Å². The Labute approximate surface area is 180 Å². The van der Waals surface area contributed by atoms with E-state index in [2.05, 4.69) is 68.1 Å². The molecule has 1 aliphatic rings. The molecule has 3 aromatic carbocycles. The summed E-state index contributed by atoms with van der Waals surface area (Å²) in [6.07, 6.45) is 0.970. The van der Waals surface area contributed by atoms with Crippen LogP contribution in [0.3, 0.4) is 0 Å². The van der Waals surface area contributed by atoms with Gasteiger partial charge in [0.15, 0.2) is 0 Å². The lowest BCUT2D eigenvalue weighted by Crippen LogP contribution is -2.23. The summed E-state index contributed by atoms with van der Waals surface area (Å²) in [7, 11) is 0. The average Bonchev–Trinajstić information content (AvgIpc) is 3.18. The number of aliphatic hydroxyl groups is 1. The number of fused-ring (bicyclic) bond motifs is 4. The third kappa shape index (κ3) is 3.15. The van der Waals surface area contributed by atoms with Crippen LogP contribution in [0.15, 0.2) is 48.5 Å². The van der Waals surface area contributed by atoms with E-state index >= 15 is 0 Å². The summed E-state index contributed by atoms with van der Waals surface area (Å²) in [5, 5.41) is 13.9. The van der Waals surface area contributed by atoms with Crippen LogP contribution >= 0.6 is 11.3 Å². The molecule has 0 spiro atoms. The maximum absolute atomic E-state index is 10.8. The van der Waals surface area contributed by atoms with Crippen molar-refractivity contribution in [2.45, 2.75) is 27.1 Å². The zero-order valence-corrected chi connectivity index (χ0v) is 18.2. The van der Waals surface area contributed by atoms with Crippen molar-refractivity contribution < 1.29 is 9.84 Å². The molecule has 0 bridgehead atoms. The number of hydrogen-bond acceptors (Lipinski definition) is 5. The third-order valence-electron chi connectivity index (χ3n) is 5.72. The van der Waals surface area contributed by atoms with E-state index in [0.29, 0.717) is 11.3 Å². The molecule has 152 valence electrons. The summed E-state index contributed by atoms with van der Waals surface area (Å²) in [4.78, 5) is 7.15. The Kier molecular flexibility index (Phi) is 4.72. The van der Waals surface area contributed by atoms with E-state index in [9.17, 15) is 5.11 Å². The van der Waals surface area contributed by atoms with Gasteiger partial charge < -0.3 is 14.7 Å². The van der Waals surface area contributed by atoms with E-state index in [1.807, 2.05) is 12.1 Å². The summed E-state index contributed by atoms with van der Waals surface area (Å²) >= 11 is 1.59. The standard InChI is InChI=1S/C25H24N2O2S/c1-4-27(5-2)18-9-7-17-13-20(25(28)29-21(17)14-18)24-26-23-19-10-6-15(3)12-16(19)8-11-22(23)30-24/h6-14,25,28H,4-5H2,1-3H3. The van der Waals surface area contributed by atoms with Gasteiger partial charge in [0, 0.05) is 35.8 Å². The molecule has 1 aromatic heterocycles. The monoisotopic (exact) mass is 416 g/mol. The largest absolute Gasteiger partial charge is 0.460 e. The predicted octanol–water partition coefficient (Wildman–Crippen LogP) is 5.86. The summed E-state index contributed by atoms with van der Waals surface area (Å²) in [5.41, 5.74) is 4.98. The first-order valence-corrected chi connectivity index (χ1v) is 11.1. The van der Waals surface area contributed by atoms with E-state index in [0.717, 1.165) is 45.0 Å². The number of nitrogens with zero attached hydrogens (tertiary/aromatic N) is 2. The second-order valence-electron chi connectivity index (χ2n) is 7.62. The van der Waals surface area contributed by atoms with E-state index in [-0.39, 0.29) is 0 Å². The zero-order chi connectivity index (χ0) is 20.8. The first kappa shape index (κ1) is 19.1. The Hall–Kier alpha value is -2.89. The van der Waals surface area contributed by atoms with Crippen LogP contribution in [-0.4, -0.2) is 29.5 Å². The van der Waals surface area contributed by atoms with Gasteiger partial charge >= 0.3 is 0 Å². The van der Waals surface area contributed by atoms with Crippen molar-refractivity contribution in [3.63, 3.8) is 0 Å². The fourth-order valence-electron chi connectivity index (χ4n) is 4.08. The van der Waals surface area contributed by atoms with Crippen LogP contribution in [0.5, 0.6) is 5.75 Å². The van der Waals surface area contributed by atoms with Crippen molar-refractivity contribution in [3.8, 4) is 5.75 Å². The average molecular weight is 417 g/mol. The first-order chi connectivity index (χ1) is 14.6. The van der Waals surface area contributed by atoms with Crippen LogP contribution in [0, 0.1) is 6.92 Å². The van der Waals surface area contributed by atoms with Crippen molar-refractivity contribution in [2.24, 2.45) is 0 Å². The number of benzene rings is 3. The molecule has 0 radical (unpaired) electrons. The van der Waals surface area contributed by atoms with Gasteiger partial charge in [-0.15, -0.1) is 11.3 Å². The second kappa shape index (κ2) is 7.42. The van der Waals surface area contributed by atoms with Gasteiger partial charge in [0.1, 0.15) is 10.8 Å². The molecule has 1 unspecified atom stereocenters. The second-order valence-corrected chi connectivity index (χ2v) is 8.65. The van der Waals surface area contributed by atoms with E-state index in [1.165, 1.54) is 10.9 Å². The van der Waals surface area contributed by atoms with Crippen LogP contribution in [0.4, 0.5) is 5.69 Å². The number of rotatable bonds is 4. The van der Waals surface area contributed by atoms with Crippen LogP contribution in [0.2, 0.25) is 0 Å². The van der Waals surface area contributed by atoms with Crippen LogP contribution in [0.25, 0.3) is 32.6 Å². The Morgan fingerprint density at radius 2 is 1.90 bits per heavy atom. The topological polar surface area (TPSA) is 45.6 Å². The maximum atomic E-state index is 10.8. The van der Waals surface area contributed by atoms with Crippen LogP contribution < -0.4 is 9.64 Å². The summed E-state index contributed by atoms with van der Waals surface area (Å²) < 4.78 is 7.01. The highest BCUT2D eigenvalue weighted by atomic mass is 32.1. The first-order valence-electron chi connectivity index (χ1n) is 10.3. The highest BCUT2D eigenvalue weighted by Gasteiger charge is 2.25. The molecule has 0 amide bonds. The van der Waals surface area contributed by atoms with Gasteiger partial charge in [0.2, 0.25) is 6.29 Å². The lowest BCUT2D eigenvalue weighted by atomic mass is 10.1. The number of hydrogen-bond donors (Lipinski definition) is 1. The molecule has 4 aromatic rings. The van der Waals surface area contributed by atoms with E-state index in [1.54, 1.807) is 11.3 Å². The molecule has 5 rings (SSSR count). The number of aliphatic hydroxyl groups excluding tert-OH is 1. The number of thiazole rings is 1. The quantitative estimate of drug-likeness (QED) is 0.453. The fraction of sp³-hybridized carbons (Fsp3) is 0.240. The summed E-state index contributed by atoms with van der Waals surface area (Å²) in [5.74, 6) is 0.706. The van der Waals surface area contributed by atoms with Crippen LogP contribution in [-0.2, 0) is 0 Å². The smallest absolute Gasteiger partial charge is 0.227 e. The highest BCUT2D eigenvalue weighted by molar-refractivity contribution is 7.19. The summed E-state index contributed by atoms with van der Waals surface area (Å²) in [6.45, 7) is 8.22. The van der Waals surface area contributed by atoms with Gasteiger partial charge in [-0.2, -0.15) is 0 Å². The van der Waals surface area contributed by atoms with Gasteiger partial charge in [0.05, 0.1) is 15.8 Å². The normalized spacial score (nSPS) is 15.7. The van der Waals surface area contributed by atoms with Gasteiger partial charge in [-0.1, -0.05) is 29.8 Å². The van der Waals surface area contributed by atoms with Crippen molar-refractivity contribution in [1.82, 2.24) is 4.98 Å². The number of ether oxygens (including phenoxy) is 1. The Morgan fingerprint density at radius 1 is 1.07 bits per heavy atom. The van der Waals surface area contributed by atoms with Crippen molar-refractivity contribution in [1.29, 1.82) is 0 Å². The fourth-order valence-corrected chi connectivity index (χ4v) is 5.09. The minimum Gasteiger partial charge on any atom is -0.460 e. The number of aryl methyl sites for hydroxylation is 1.